The van der Waals surface area contributed by atoms with E-state index >= 15 is 0 Å². The fourth-order valence-electron chi connectivity index (χ4n) is 1.68. The summed E-state index contributed by atoms with van der Waals surface area (Å²) in [6, 6.07) is 1.73. The Labute approximate surface area is 109 Å². The number of imidazole rings is 1. The highest BCUT2D eigenvalue weighted by molar-refractivity contribution is 9.10. The van der Waals surface area contributed by atoms with Gasteiger partial charge in [-0.05, 0) is 22.0 Å². The van der Waals surface area contributed by atoms with Crippen LogP contribution in [-0.4, -0.2) is 26.0 Å². The number of rotatable bonds is 2. The average Bonchev–Trinajstić information content (AvgIpc) is 2.95. The number of nitrogens with one attached hydrogen (secondary N) is 1. The molecule has 0 bridgehead atoms. The molecule has 18 heavy (non-hydrogen) atoms. The highest BCUT2D eigenvalue weighted by Gasteiger charge is 2.18. The number of hydrogen-bond donors (Lipinski definition) is 2. The molecule has 0 atom stereocenters. The van der Waals surface area contributed by atoms with E-state index in [2.05, 4.69) is 30.9 Å². The minimum absolute atomic E-state index is 0.113. The molecular weight excluding hydrogens is 302 g/mol. The molecule has 3 aromatic heterocycles. The second kappa shape index (κ2) is 3.95. The molecule has 3 rings (SSSR count). The Morgan fingerprint density at radius 2 is 2.33 bits per heavy atom. The van der Waals surface area contributed by atoms with E-state index < -0.39 is 5.97 Å². The lowest BCUT2D eigenvalue weighted by atomic mass is 10.2. The van der Waals surface area contributed by atoms with E-state index in [1.54, 1.807) is 6.07 Å². The van der Waals surface area contributed by atoms with E-state index in [9.17, 15) is 9.90 Å². The van der Waals surface area contributed by atoms with Gasteiger partial charge in [0.2, 0.25) is 0 Å². The van der Waals surface area contributed by atoms with Crippen molar-refractivity contribution in [3.63, 3.8) is 0 Å². The summed E-state index contributed by atoms with van der Waals surface area (Å²) in [4.78, 5) is 22.5. The molecule has 0 aromatic carbocycles. The summed E-state index contributed by atoms with van der Waals surface area (Å²) < 4.78 is 5.37. The number of hydrogen-bond acceptors (Lipinski definition) is 4. The second-order valence-corrected chi connectivity index (χ2v) is 4.44. The molecule has 0 amide bonds. The molecule has 0 spiro atoms. The van der Waals surface area contributed by atoms with Crippen LogP contribution < -0.4 is 0 Å². The minimum atomic E-state index is -1.04. The molecule has 0 fully saturated rings. The van der Waals surface area contributed by atoms with Gasteiger partial charge in [0.1, 0.15) is 23.2 Å². The molecule has 0 radical (unpaired) electrons. The van der Waals surface area contributed by atoms with Crippen molar-refractivity contribution in [1.82, 2.24) is 15.0 Å². The number of aromatic carboxylic acids is 1. The Kier molecular flexibility index (Phi) is 2.41. The fourth-order valence-corrected chi connectivity index (χ4v) is 2.15. The van der Waals surface area contributed by atoms with Crippen LogP contribution in [0.1, 0.15) is 10.4 Å². The predicted molar refractivity (Wildman–Crippen MR) is 66.2 cm³/mol. The van der Waals surface area contributed by atoms with Gasteiger partial charge in [-0.25, -0.2) is 14.8 Å². The molecule has 0 saturated heterocycles. The third kappa shape index (κ3) is 1.60. The van der Waals surface area contributed by atoms with Gasteiger partial charge in [-0.15, -0.1) is 0 Å². The van der Waals surface area contributed by atoms with Crippen LogP contribution in [0.3, 0.4) is 0 Å². The maximum atomic E-state index is 11.2. The summed E-state index contributed by atoms with van der Waals surface area (Å²) in [5, 5.41) is 9.18. The van der Waals surface area contributed by atoms with Crippen molar-refractivity contribution in [2.45, 2.75) is 0 Å². The van der Waals surface area contributed by atoms with Crippen molar-refractivity contribution < 1.29 is 14.3 Å². The van der Waals surface area contributed by atoms with Gasteiger partial charge in [0.25, 0.3) is 0 Å². The number of aromatic nitrogens is 3. The molecule has 0 saturated carbocycles. The smallest absolute Gasteiger partial charge is 0.339 e. The van der Waals surface area contributed by atoms with Crippen molar-refractivity contribution in [2.24, 2.45) is 0 Å². The molecule has 0 unspecified atom stereocenters. The maximum absolute atomic E-state index is 11.2. The fraction of sp³-hybridized carbons (Fsp3) is 0. The summed E-state index contributed by atoms with van der Waals surface area (Å²) in [7, 11) is 0. The Morgan fingerprint density at radius 1 is 1.50 bits per heavy atom. The number of aromatic amines is 1. The number of halogens is 1. The van der Waals surface area contributed by atoms with Crippen LogP contribution in [0.25, 0.3) is 22.6 Å². The summed E-state index contributed by atoms with van der Waals surface area (Å²) in [5.74, 6) is -0.525. The first-order valence-electron chi connectivity index (χ1n) is 4.97. The van der Waals surface area contributed by atoms with Gasteiger partial charge >= 0.3 is 5.97 Å². The van der Waals surface area contributed by atoms with Gasteiger partial charge in [0.15, 0.2) is 5.65 Å². The lowest BCUT2D eigenvalue weighted by molar-refractivity contribution is 0.0698. The van der Waals surface area contributed by atoms with Crippen molar-refractivity contribution in [1.29, 1.82) is 0 Å². The number of fused-ring (bicyclic) bond motifs is 1. The lowest BCUT2D eigenvalue weighted by Crippen LogP contribution is -2.00. The second-order valence-electron chi connectivity index (χ2n) is 3.58. The third-order valence-electron chi connectivity index (χ3n) is 2.48. The van der Waals surface area contributed by atoms with Crippen LogP contribution in [0, 0.1) is 0 Å². The lowest BCUT2D eigenvalue weighted by Gasteiger charge is -1.98. The van der Waals surface area contributed by atoms with Crippen molar-refractivity contribution >= 4 is 33.1 Å². The van der Waals surface area contributed by atoms with Crippen LogP contribution in [0.15, 0.2) is 33.7 Å². The molecule has 6 nitrogen and oxygen atoms in total. The molecule has 0 aliphatic rings. The predicted octanol–water partition coefficient (Wildman–Crippen LogP) is 2.68. The molecule has 3 heterocycles. The number of carboxylic acid groups (broad SMARTS) is 1. The largest absolute Gasteiger partial charge is 0.478 e. The first-order valence-corrected chi connectivity index (χ1v) is 5.76. The standard InChI is InChI=1S/C11H6BrN3O3/c12-6-3-13-10-8(7(6)11(16)17)14-9(15-10)5-1-2-18-4-5/h1-4H,(H,16,17)(H,13,14,15). The molecule has 90 valence electrons. The van der Waals surface area contributed by atoms with Crippen molar-refractivity contribution in [3.8, 4) is 11.4 Å². The SMILES string of the molecule is O=C(O)c1c(Br)cnc2nc(-c3ccoc3)[nH]c12. The van der Waals surface area contributed by atoms with E-state index in [-0.39, 0.29) is 5.56 Å². The molecule has 0 aliphatic carbocycles. The number of carbonyl (C=O) groups is 1. The highest BCUT2D eigenvalue weighted by atomic mass is 79.9. The molecular formula is C11H6BrN3O3. The zero-order chi connectivity index (χ0) is 12.7. The molecule has 2 N–H and O–H groups in total. The quantitative estimate of drug-likeness (QED) is 0.759. The van der Waals surface area contributed by atoms with Crippen LogP contribution in [0.5, 0.6) is 0 Å². The van der Waals surface area contributed by atoms with Gasteiger partial charge in [-0.2, -0.15) is 0 Å². The summed E-state index contributed by atoms with van der Waals surface area (Å²) in [5.41, 5.74) is 1.59. The number of pyridine rings is 1. The summed E-state index contributed by atoms with van der Waals surface area (Å²) >= 11 is 3.17. The Hall–Kier alpha value is -2.15. The van der Waals surface area contributed by atoms with Crippen molar-refractivity contribution in [2.75, 3.05) is 0 Å². The van der Waals surface area contributed by atoms with Crippen LogP contribution in [0.2, 0.25) is 0 Å². The van der Waals surface area contributed by atoms with E-state index in [1.165, 1.54) is 18.7 Å². The van der Waals surface area contributed by atoms with Crippen LogP contribution in [0.4, 0.5) is 0 Å². The number of carboxylic acids is 1. The van der Waals surface area contributed by atoms with E-state index in [0.717, 1.165) is 5.56 Å². The van der Waals surface area contributed by atoms with Crippen LogP contribution in [-0.2, 0) is 0 Å². The zero-order valence-corrected chi connectivity index (χ0v) is 10.4. The average molecular weight is 308 g/mol. The highest BCUT2D eigenvalue weighted by Crippen LogP contribution is 2.26. The Morgan fingerprint density at radius 3 is 3.00 bits per heavy atom. The van der Waals surface area contributed by atoms with E-state index in [0.29, 0.717) is 21.5 Å². The first kappa shape index (κ1) is 11.0. The monoisotopic (exact) mass is 307 g/mol. The Balaban J connectivity index is 2.30. The third-order valence-corrected chi connectivity index (χ3v) is 3.08. The number of furan rings is 1. The summed E-state index contributed by atoms with van der Waals surface area (Å²) in [6.07, 6.45) is 4.46. The van der Waals surface area contributed by atoms with E-state index in [4.69, 9.17) is 4.42 Å². The first-order chi connectivity index (χ1) is 8.66. The van der Waals surface area contributed by atoms with Gasteiger partial charge < -0.3 is 14.5 Å². The minimum Gasteiger partial charge on any atom is -0.478 e. The summed E-state index contributed by atoms with van der Waals surface area (Å²) in [6.45, 7) is 0. The number of nitrogens with zero attached hydrogens (tertiary/aromatic N) is 2. The van der Waals surface area contributed by atoms with Gasteiger partial charge in [0.05, 0.1) is 16.3 Å². The molecule has 7 heteroatoms. The zero-order valence-electron chi connectivity index (χ0n) is 8.85. The van der Waals surface area contributed by atoms with Gasteiger partial charge in [-0.3, -0.25) is 0 Å². The molecule has 3 aromatic rings. The van der Waals surface area contributed by atoms with Gasteiger partial charge in [0, 0.05) is 6.20 Å². The number of H-pyrrole nitrogens is 1. The molecule has 0 aliphatic heterocycles. The van der Waals surface area contributed by atoms with Crippen LogP contribution >= 0.6 is 15.9 Å². The Bertz CT molecular complexity index is 733. The maximum Gasteiger partial charge on any atom is 0.339 e. The van der Waals surface area contributed by atoms with Gasteiger partial charge in [-0.1, -0.05) is 0 Å². The topological polar surface area (TPSA) is 92.0 Å². The van der Waals surface area contributed by atoms with Crippen molar-refractivity contribution in [3.05, 3.63) is 34.8 Å². The van der Waals surface area contributed by atoms with E-state index in [1.807, 2.05) is 0 Å². The normalized spacial score (nSPS) is 10.9.